The van der Waals surface area contributed by atoms with Gasteiger partial charge in [-0.1, -0.05) is 6.07 Å². The number of likely N-dealkylation sites (tertiary alicyclic amines) is 1. The van der Waals surface area contributed by atoms with Crippen LogP contribution in [-0.4, -0.2) is 55.0 Å². The maximum atomic E-state index is 12.3. The van der Waals surface area contributed by atoms with E-state index in [1.165, 1.54) is 19.1 Å². The molecule has 1 heterocycles. The fraction of sp³-hybridized carbons (Fsp3) is 0.556. The summed E-state index contributed by atoms with van der Waals surface area (Å²) in [5.74, 6) is -0.888. The maximum Gasteiger partial charge on any atom is 0.410 e. The monoisotopic (exact) mass is 351 g/mol. The molecule has 1 fully saturated rings. The highest BCUT2D eigenvalue weighted by atomic mass is 16.6. The normalized spacial score (nSPS) is 20.3. The third-order valence-corrected chi connectivity index (χ3v) is 4.12. The van der Waals surface area contributed by atoms with Crippen molar-refractivity contribution < 1.29 is 28.9 Å². The van der Waals surface area contributed by atoms with Gasteiger partial charge in [-0.05, 0) is 38.5 Å². The minimum Gasteiger partial charge on any atom is -0.493 e. The van der Waals surface area contributed by atoms with Crippen molar-refractivity contribution in [3.05, 3.63) is 23.8 Å². The molecule has 1 amide bonds. The Hall–Kier alpha value is -2.44. The van der Waals surface area contributed by atoms with Crippen molar-refractivity contribution in [2.45, 2.75) is 32.3 Å². The van der Waals surface area contributed by atoms with E-state index in [1.54, 1.807) is 39.0 Å². The molecule has 1 aromatic carbocycles. The largest absolute Gasteiger partial charge is 0.493 e. The number of hydrogen-bond donors (Lipinski definition) is 1. The van der Waals surface area contributed by atoms with Crippen molar-refractivity contribution in [2.24, 2.45) is 5.92 Å². The Balaban J connectivity index is 2.27. The van der Waals surface area contributed by atoms with Gasteiger partial charge in [0.1, 0.15) is 5.60 Å². The molecule has 1 aliphatic rings. The molecule has 1 saturated heterocycles. The van der Waals surface area contributed by atoms with Gasteiger partial charge in [0.15, 0.2) is 11.5 Å². The highest BCUT2D eigenvalue weighted by Gasteiger charge is 2.42. The highest BCUT2D eigenvalue weighted by Crippen LogP contribution is 2.37. The van der Waals surface area contributed by atoms with Gasteiger partial charge in [-0.2, -0.15) is 0 Å². The zero-order chi connectivity index (χ0) is 18.8. The van der Waals surface area contributed by atoms with Crippen LogP contribution in [0.5, 0.6) is 11.5 Å². The van der Waals surface area contributed by atoms with Crippen molar-refractivity contribution in [1.29, 1.82) is 0 Å². The molecule has 1 aliphatic heterocycles. The van der Waals surface area contributed by atoms with Crippen molar-refractivity contribution in [3.63, 3.8) is 0 Å². The van der Waals surface area contributed by atoms with E-state index >= 15 is 0 Å². The van der Waals surface area contributed by atoms with Crippen LogP contribution in [0.1, 0.15) is 32.3 Å². The molecular weight excluding hydrogens is 326 g/mol. The molecule has 2 rings (SSSR count). The molecule has 0 aromatic heterocycles. The lowest BCUT2D eigenvalue weighted by Crippen LogP contribution is -2.35. The molecule has 0 saturated carbocycles. The van der Waals surface area contributed by atoms with E-state index in [0.29, 0.717) is 11.5 Å². The lowest BCUT2D eigenvalue weighted by molar-refractivity contribution is -0.141. The predicted octanol–water partition coefficient (Wildman–Crippen LogP) is 2.74. The Morgan fingerprint density at radius 1 is 1.12 bits per heavy atom. The minimum absolute atomic E-state index is 0.114. The second kappa shape index (κ2) is 7.21. The first-order valence-electron chi connectivity index (χ1n) is 8.09. The van der Waals surface area contributed by atoms with Gasteiger partial charge in [0, 0.05) is 19.0 Å². The Bertz CT molecular complexity index is 651. The fourth-order valence-electron chi connectivity index (χ4n) is 2.95. The summed E-state index contributed by atoms with van der Waals surface area (Å²) in [7, 11) is 3.06. The molecule has 138 valence electrons. The summed E-state index contributed by atoms with van der Waals surface area (Å²) in [5, 5.41) is 9.57. The summed E-state index contributed by atoms with van der Waals surface area (Å²) in [6.07, 6.45) is -0.498. The van der Waals surface area contributed by atoms with Crippen LogP contribution in [0, 0.1) is 5.92 Å². The van der Waals surface area contributed by atoms with E-state index in [1.807, 2.05) is 0 Å². The van der Waals surface area contributed by atoms with Crippen LogP contribution in [-0.2, 0) is 9.53 Å². The average Bonchev–Trinajstić information content (AvgIpc) is 2.98. The van der Waals surface area contributed by atoms with Crippen molar-refractivity contribution in [2.75, 3.05) is 27.3 Å². The summed E-state index contributed by atoms with van der Waals surface area (Å²) in [6, 6.07) is 5.31. The number of benzene rings is 1. The summed E-state index contributed by atoms with van der Waals surface area (Å²) in [5.41, 5.74) is 0.160. The number of ether oxygens (including phenoxy) is 3. The number of carbonyl (C=O) groups excluding carboxylic acids is 1. The van der Waals surface area contributed by atoms with Crippen LogP contribution in [0.3, 0.4) is 0 Å². The number of aliphatic carboxylic acids is 1. The molecule has 25 heavy (non-hydrogen) atoms. The number of rotatable bonds is 4. The highest BCUT2D eigenvalue weighted by molar-refractivity contribution is 5.76. The van der Waals surface area contributed by atoms with E-state index < -0.39 is 23.6 Å². The van der Waals surface area contributed by atoms with Gasteiger partial charge in [0.05, 0.1) is 20.1 Å². The first kappa shape index (κ1) is 18.9. The lowest BCUT2D eigenvalue weighted by Gasteiger charge is -2.24. The zero-order valence-electron chi connectivity index (χ0n) is 15.2. The van der Waals surface area contributed by atoms with E-state index in [4.69, 9.17) is 14.2 Å². The molecule has 1 aromatic rings. The summed E-state index contributed by atoms with van der Waals surface area (Å²) in [4.78, 5) is 25.4. The van der Waals surface area contributed by atoms with Crippen LogP contribution < -0.4 is 9.47 Å². The number of nitrogens with zero attached hydrogens (tertiary/aromatic N) is 1. The van der Waals surface area contributed by atoms with Gasteiger partial charge in [0.25, 0.3) is 0 Å². The number of carboxylic acid groups (broad SMARTS) is 1. The Morgan fingerprint density at radius 3 is 2.28 bits per heavy atom. The number of hydrogen-bond acceptors (Lipinski definition) is 5. The van der Waals surface area contributed by atoms with Crippen LogP contribution in [0.15, 0.2) is 18.2 Å². The Kier molecular flexibility index (Phi) is 5.45. The Morgan fingerprint density at radius 2 is 1.76 bits per heavy atom. The van der Waals surface area contributed by atoms with Gasteiger partial charge >= 0.3 is 12.1 Å². The summed E-state index contributed by atoms with van der Waals surface area (Å²) >= 11 is 0. The molecule has 2 atom stereocenters. The maximum absolute atomic E-state index is 12.3. The topological polar surface area (TPSA) is 85.3 Å². The molecule has 0 bridgehead atoms. The smallest absolute Gasteiger partial charge is 0.410 e. The molecule has 0 aliphatic carbocycles. The second-order valence-electron chi connectivity index (χ2n) is 7.05. The molecule has 0 spiro atoms. The average molecular weight is 351 g/mol. The van der Waals surface area contributed by atoms with E-state index in [9.17, 15) is 14.7 Å². The number of carbonyl (C=O) groups is 2. The third-order valence-electron chi connectivity index (χ3n) is 4.12. The van der Waals surface area contributed by atoms with E-state index in [0.717, 1.165) is 5.56 Å². The Labute approximate surface area is 147 Å². The van der Waals surface area contributed by atoms with Crippen LogP contribution in [0.25, 0.3) is 0 Å². The minimum atomic E-state index is -0.939. The molecule has 0 radical (unpaired) electrons. The third kappa shape index (κ3) is 4.35. The van der Waals surface area contributed by atoms with Crippen molar-refractivity contribution in [1.82, 2.24) is 4.90 Å². The molecule has 7 heteroatoms. The first-order valence-corrected chi connectivity index (χ1v) is 8.09. The van der Waals surface area contributed by atoms with E-state index in [2.05, 4.69) is 0 Å². The predicted molar refractivity (Wildman–Crippen MR) is 91.2 cm³/mol. The standard InChI is InChI=1S/C18H25NO6/c1-18(2,3)25-17(22)19-9-12(13(10-19)16(20)21)11-6-7-14(23-4)15(8-11)24-5/h6-8,12-13H,9-10H2,1-5H3,(H,20,21)/t12-,13-/m0/s1. The number of amides is 1. The summed E-state index contributed by atoms with van der Waals surface area (Å²) < 4.78 is 15.9. The second-order valence-corrected chi connectivity index (χ2v) is 7.05. The van der Waals surface area contributed by atoms with Crippen molar-refractivity contribution in [3.8, 4) is 11.5 Å². The van der Waals surface area contributed by atoms with Crippen LogP contribution in [0.2, 0.25) is 0 Å². The lowest BCUT2D eigenvalue weighted by atomic mass is 9.89. The SMILES string of the molecule is COc1ccc([C@@H]2CN(C(=O)OC(C)(C)C)C[C@@H]2C(=O)O)cc1OC. The van der Waals surface area contributed by atoms with Crippen molar-refractivity contribution >= 4 is 12.1 Å². The number of methoxy groups -OCH3 is 2. The van der Waals surface area contributed by atoms with Gasteiger partial charge in [-0.15, -0.1) is 0 Å². The van der Waals surface area contributed by atoms with Gasteiger partial charge in [-0.3, -0.25) is 4.79 Å². The molecule has 0 unspecified atom stereocenters. The van der Waals surface area contributed by atoms with E-state index in [-0.39, 0.29) is 19.0 Å². The van der Waals surface area contributed by atoms with Gasteiger partial charge in [0.2, 0.25) is 0 Å². The van der Waals surface area contributed by atoms with Gasteiger partial charge < -0.3 is 24.2 Å². The van der Waals surface area contributed by atoms with Gasteiger partial charge in [-0.25, -0.2) is 4.79 Å². The molecular formula is C18H25NO6. The zero-order valence-corrected chi connectivity index (χ0v) is 15.2. The first-order chi connectivity index (χ1) is 11.7. The quantitative estimate of drug-likeness (QED) is 0.898. The van der Waals surface area contributed by atoms with Crippen LogP contribution in [0.4, 0.5) is 4.79 Å². The number of carboxylic acids is 1. The molecule has 1 N–H and O–H groups in total. The molecule has 7 nitrogen and oxygen atoms in total. The fourth-order valence-corrected chi connectivity index (χ4v) is 2.95. The summed E-state index contributed by atoms with van der Waals surface area (Å²) in [6.45, 7) is 5.73. The van der Waals surface area contributed by atoms with Crippen LogP contribution >= 0.6 is 0 Å².